The van der Waals surface area contributed by atoms with Crippen molar-refractivity contribution >= 4 is 6.16 Å². The van der Waals surface area contributed by atoms with Gasteiger partial charge < -0.3 is 28.8 Å². The fraction of sp³-hybridized carbons (Fsp3) is 0.727. The van der Waals surface area contributed by atoms with E-state index in [1.165, 1.54) is 0 Å². The molecule has 0 unspecified atom stereocenters. The lowest BCUT2D eigenvalue weighted by Crippen LogP contribution is -2.13. The average Bonchev–Trinajstić information content (AvgIpc) is 2.34. The fourth-order valence-corrected chi connectivity index (χ4v) is 0.869. The summed E-state index contributed by atoms with van der Waals surface area (Å²) in [6, 6.07) is 0. The van der Waals surface area contributed by atoms with E-state index in [0.29, 0.717) is 33.0 Å². The zero-order chi connectivity index (χ0) is 13.5. The lowest BCUT2D eigenvalue weighted by Gasteiger charge is -2.06. The number of rotatable bonds is 13. The van der Waals surface area contributed by atoms with Crippen LogP contribution in [0.4, 0.5) is 4.79 Å². The molecule has 0 fully saturated rings. The molecule has 0 heterocycles. The highest BCUT2D eigenvalue weighted by molar-refractivity contribution is 5.56. The van der Waals surface area contributed by atoms with Crippen molar-refractivity contribution in [1.29, 1.82) is 0 Å². The van der Waals surface area contributed by atoms with Gasteiger partial charge >= 0.3 is 6.16 Å². The third kappa shape index (κ3) is 14.9. The summed E-state index contributed by atoms with van der Waals surface area (Å²) in [5.41, 5.74) is 0. The van der Waals surface area contributed by atoms with Crippen LogP contribution in [0.2, 0.25) is 0 Å². The van der Waals surface area contributed by atoms with E-state index in [9.17, 15) is 4.79 Å². The van der Waals surface area contributed by atoms with E-state index in [1.807, 2.05) is 0 Å². The maximum absolute atomic E-state index is 9.97. The molecule has 0 aromatic carbocycles. The van der Waals surface area contributed by atoms with Gasteiger partial charge in [-0.2, -0.15) is 0 Å². The fourth-order valence-electron chi connectivity index (χ4n) is 0.869. The van der Waals surface area contributed by atoms with Gasteiger partial charge in [-0.15, -0.1) is 6.58 Å². The van der Waals surface area contributed by atoms with E-state index < -0.39 is 6.16 Å². The van der Waals surface area contributed by atoms with Crippen LogP contribution in [0.5, 0.6) is 0 Å². The molecule has 1 N–H and O–H groups in total. The van der Waals surface area contributed by atoms with Gasteiger partial charge in [0.15, 0.2) is 0 Å². The SMILES string of the molecule is C=CCOCCOCOCCOCCOC(=O)O. The Labute approximate surface area is 106 Å². The Bertz CT molecular complexity index is 208. The first-order valence-electron chi connectivity index (χ1n) is 5.55. The van der Waals surface area contributed by atoms with Crippen LogP contribution in [0, 0.1) is 0 Å². The standard InChI is InChI=1S/C11H20O7/c1-2-3-14-4-6-16-10-17-7-5-15-8-9-18-11(12)13/h2H,1,3-10H2,(H,12,13). The molecule has 0 aliphatic rings. The molecule has 0 aliphatic heterocycles. The minimum atomic E-state index is -1.30. The molecule has 0 amide bonds. The van der Waals surface area contributed by atoms with Crippen LogP contribution in [0.3, 0.4) is 0 Å². The largest absolute Gasteiger partial charge is 0.505 e. The molecule has 0 aromatic heterocycles. The van der Waals surface area contributed by atoms with Crippen molar-refractivity contribution in [1.82, 2.24) is 0 Å². The van der Waals surface area contributed by atoms with Gasteiger partial charge in [0.1, 0.15) is 13.4 Å². The molecule has 0 bridgehead atoms. The lowest BCUT2D eigenvalue weighted by molar-refractivity contribution is -0.0816. The first-order valence-corrected chi connectivity index (χ1v) is 5.55. The highest BCUT2D eigenvalue weighted by Gasteiger charge is 1.95. The first kappa shape index (κ1) is 16.9. The van der Waals surface area contributed by atoms with Crippen LogP contribution >= 0.6 is 0 Å². The van der Waals surface area contributed by atoms with Crippen molar-refractivity contribution in [3.63, 3.8) is 0 Å². The lowest BCUT2D eigenvalue weighted by atomic mass is 10.7. The first-order chi connectivity index (χ1) is 8.77. The van der Waals surface area contributed by atoms with Crippen molar-refractivity contribution in [2.45, 2.75) is 0 Å². The smallest absolute Gasteiger partial charge is 0.450 e. The third-order valence-electron chi connectivity index (χ3n) is 1.60. The summed E-state index contributed by atoms with van der Waals surface area (Å²) in [5, 5.41) is 8.16. The molecule has 0 aliphatic carbocycles. The number of hydrogen-bond acceptors (Lipinski definition) is 6. The summed E-state index contributed by atoms with van der Waals surface area (Å²) >= 11 is 0. The molecule has 0 atom stereocenters. The quantitative estimate of drug-likeness (QED) is 0.229. The van der Waals surface area contributed by atoms with Gasteiger partial charge in [-0.1, -0.05) is 6.08 Å². The second-order valence-corrected chi connectivity index (χ2v) is 3.02. The molecule has 7 heteroatoms. The minimum absolute atomic E-state index is 0.0203. The highest BCUT2D eigenvalue weighted by Crippen LogP contribution is 1.84. The van der Waals surface area contributed by atoms with Crippen LogP contribution in [0.15, 0.2) is 12.7 Å². The van der Waals surface area contributed by atoms with Crippen molar-refractivity contribution in [2.24, 2.45) is 0 Å². The summed E-state index contributed by atoms with van der Waals surface area (Å²) in [5.74, 6) is 0. The van der Waals surface area contributed by atoms with E-state index >= 15 is 0 Å². The van der Waals surface area contributed by atoms with Crippen molar-refractivity contribution < 1.29 is 33.6 Å². The Morgan fingerprint density at radius 1 is 0.944 bits per heavy atom. The maximum atomic E-state index is 9.97. The predicted octanol–water partition coefficient (Wildman–Crippen LogP) is 0.891. The van der Waals surface area contributed by atoms with Crippen LogP contribution in [0.1, 0.15) is 0 Å². The average molecular weight is 264 g/mol. The van der Waals surface area contributed by atoms with E-state index in [2.05, 4.69) is 11.3 Å². The summed E-state index contributed by atoms with van der Waals surface area (Å²) in [4.78, 5) is 9.97. The summed E-state index contributed by atoms with van der Waals surface area (Å²) in [7, 11) is 0. The normalized spacial score (nSPS) is 10.2. The van der Waals surface area contributed by atoms with Gasteiger partial charge in [0, 0.05) is 0 Å². The zero-order valence-electron chi connectivity index (χ0n) is 10.3. The Morgan fingerprint density at radius 3 is 2.11 bits per heavy atom. The molecule has 7 nitrogen and oxygen atoms in total. The molecule has 0 rings (SSSR count). The van der Waals surface area contributed by atoms with Crippen LogP contribution in [-0.4, -0.2) is 64.3 Å². The Hall–Kier alpha value is -1.15. The summed E-state index contributed by atoms with van der Waals surface area (Å²) in [6.45, 7) is 6.13. The molecule has 0 saturated carbocycles. The Morgan fingerprint density at radius 2 is 1.50 bits per heavy atom. The Kier molecular flexibility index (Phi) is 13.0. The number of carbonyl (C=O) groups is 1. The summed E-state index contributed by atoms with van der Waals surface area (Å²) < 4.78 is 24.6. The molecular weight excluding hydrogens is 244 g/mol. The Balaban J connectivity index is 2.94. The van der Waals surface area contributed by atoms with Gasteiger partial charge in [0.2, 0.25) is 0 Å². The third-order valence-corrected chi connectivity index (χ3v) is 1.60. The van der Waals surface area contributed by atoms with Crippen molar-refractivity contribution in [3.8, 4) is 0 Å². The van der Waals surface area contributed by atoms with Crippen LogP contribution < -0.4 is 0 Å². The second-order valence-electron chi connectivity index (χ2n) is 3.02. The van der Waals surface area contributed by atoms with E-state index in [-0.39, 0.29) is 20.0 Å². The van der Waals surface area contributed by atoms with Gasteiger partial charge in [-0.05, 0) is 0 Å². The van der Waals surface area contributed by atoms with Gasteiger partial charge in [-0.25, -0.2) is 4.79 Å². The van der Waals surface area contributed by atoms with Crippen molar-refractivity contribution in [2.75, 3.05) is 53.0 Å². The predicted molar refractivity (Wildman–Crippen MR) is 62.6 cm³/mol. The topological polar surface area (TPSA) is 83.5 Å². The molecule has 0 aromatic rings. The number of hydrogen-bond donors (Lipinski definition) is 1. The highest BCUT2D eigenvalue weighted by atomic mass is 16.7. The number of ether oxygens (including phenoxy) is 5. The maximum Gasteiger partial charge on any atom is 0.505 e. The monoisotopic (exact) mass is 264 g/mol. The van der Waals surface area contributed by atoms with Gasteiger partial charge in [0.05, 0.1) is 39.6 Å². The molecule has 0 radical (unpaired) electrons. The molecule has 0 spiro atoms. The minimum Gasteiger partial charge on any atom is -0.450 e. The van der Waals surface area contributed by atoms with Gasteiger partial charge in [0.25, 0.3) is 0 Å². The van der Waals surface area contributed by atoms with E-state index in [1.54, 1.807) is 6.08 Å². The van der Waals surface area contributed by atoms with Crippen LogP contribution in [0.25, 0.3) is 0 Å². The molecular formula is C11H20O7. The molecule has 18 heavy (non-hydrogen) atoms. The number of carboxylic acid groups (broad SMARTS) is 1. The molecule has 106 valence electrons. The van der Waals surface area contributed by atoms with E-state index in [4.69, 9.17) is 24.1 Å². The molecule has 0 saturated heterocycles. The second kappa shape index (κ2) is 13.9. The van der Waals surface area contributed by atoms with Crippen LogP contribution in [-0.2, 0) is 23.7 Å². The zero-order valence-corrected chi connectivity index (χ0v) is 10.3. The summed E-state index contributed by atoms with van der Waals surface area (Å²) in [6.07, 6.45) is 0.365. The van der Waals surface area contributed by atoms with E-state index in [0.717, 1.165) is 0 Å². The van der Waals surface area contributed by atoms with Gasteiger partial charge in [-0.3, -0.25) is 0 Å². The van der Waals surface area contributed by atoms with Crippen molar-refractivity contribution in [3.05, 3.63) is 12.7 Å².